The Kier molecular flexibility index (Phi) is 6.88. The highest BCUT2D eigenvalue weighted by molar-refractivity contribution is 8.35. The zero-order chi connectivity index (χ0) is 22.3. The molecule has 0 saturated carbocycles. The molecule has 2 aromatic heterocycles. The molecule has 5 atom stereocenters. The van der Waals surface area contributed by atoms with E-state index in [4.69, 9.17) is 24.8 Å². The number of aromatic nitrogens is 4. The Morgan fingerprint density at radius 3 is 2.73 bits per heavy atom. The summed E-state index contributed by atoms with van der Waals surface area (Å²) < 4.78 is 41.4. The van der Waals surface area contributed by atoms with Crippen LogP contribution in [0.25, 0.3) is 11.2 Å². The van der Waals surface area contributed by atoms with E-state index in [1.807, 2.05) is 0 Å². The number of phosphoric acid groups is 2. The summed E-state index contributed by atoms with van der Waals surface area (Å²) in [6, 6.07) is 0. The van der Waals surface area contributed by atoms with Gasteiger partial charge in [0.1, 0.15) is 37.9 Å². The number of aliphatic hydroxyl groups is 1. The van der Waals surface area contributed by atoms with Gasteiger partial charge in [0.25, 0.3) is 0 Å². The second-order valence-corrected chi connectivity index (χ2v) is 11.6. The van der Waals surface area contributed by atoms with Gasteiger partial charge in [0.2, 0.25) is 0 Å². The summed E-state index contributed by atoms with van der Waals surface area (Å²) in [5, 5.41) is 10.2. The van der Waals surface area contributed by atoms with Crippen molar-refractivity contribution >= 4 is 52.0 Å². The molecule has 168 valence electrons. The van der Waals surface area contributed by atoms with E-state index in [0.29, 0.717) is 11.2 Å². The molecule has 1 aliphatic rings. The lowest BCUT2D eigenvalue weighted by atomic mass is 10.2. The van der Waals surface area contributed by atoms with Crippen molar-refractivity contribution in [3.05, 3.63) is 12.7 Å². The summed E-state index contributed by atoms with van der Waals surface area (Å²) in [5.74, 6) is 0.146. The van der Waals surface area contributed by atoms with Crippen LogP contribution >= 0.6 is 22.8 Å². The van der Waals surface area contributed by atoms with Crippen LogP contribution in [0, 0.1) is 0 Å². The van der Waals surface area contributed by atoms with Crippen LogP contribution in [0.1, 0.15) is 12.6 Å². The summed E-state index contributed by atoms with van der Waals surface area (Å²) >= 11 is 4.40. The van der Waals surface area contributed by atoms with Crippen molar-refractivity contribution in [1.29, 1.82) is 0 Å². The first-order chi connectivity index (χ1) is 13.8. The third kappa shape index (κ3) is 5.93. The number of hydrogen-bond acceptors (Lipinski definition) is 13. The fraction of sp³-hybridized carbons (Fsp3) is 0.500. The van der Waals surface area contributed by atoms with Crippen LogP contribution in [0.4, 0.5) is 5.82 Å². The maximum Gasteiger partial charge on any atom is 0.515 e. The maximum atomic E-state index is 12.0. The second kappa shape index (κ2) is 8.64. The minimum atomic E-state index is -5.49. The number of rotatable bonds is 8. The predicted molar refractivity (Wildman–Crippen MR) is 98.5 cm³/mol. The number of nitrogens with two attached hydrogens (primary N) is 1. The van der Waals surface area contributed by atoms with Gasteiger partial charge in [0, 0.05) is 6.42 Å². The molecule has 16 nitrogen and oxygen atoms in total. The van der Waals surface area contributed by atoms with E-state index in [0.717, 1.165) is 0 Å². The highest BCUT2D eigenvalue weighted by Gasteiger charge is 2.41. The molecular weight excluding hydrogens is 491 g/mol. The number of ether oxygens (including phenoxy) is 1. The Morgan fingerprint density at radius 1 is 1.37 bits per heavy atom. The van der Waals surface area contributed by atoms with Gasteiger partial charge >= 0.3 is 15.6 Å². The molecule has 3 rings (SSSR count). The number of nitrogens with zero attached hydrogens (tertiary/aromatic N) is 4. The topological polar surface area (TPSA) is 245 Å². The third-order valence-corrected chi connectivity index (χ3v) is 8.39. The molecule has 0 radical (unpaired) electrons. The number of aliphatic hydroxyl groups excluding tert-OH is 1. The summed E-state index contributed by atoms with van der Waals surface area (Å²) in [5.41, 5.74) is 6.37. The molecular formula is C10H15N5O11P3S-. The van der Waals surface area contributed by atoms with Crippen LogP contribution in [0.5, 0.6) is 0 Å². The minimum Gasteiger partial charge on any atom is -0.648 e. The molecule has 0 aliphatic carbocycles. The normalized spacial score (nSPS) is 26.5. The average molecular weight is 506 g/mol. The lowest BCUT2D eigenvalue weighted by Gasteiger charge is -2.33. The lowest BCUT2D eigenvalue weighted by Crippen LogP contribution is -2.28. The molecule has 3 heterocycles. The van der Waals surface area contributed by atoms with E-state index in [-0.39, 0.29) is 12.2 Å². The predicted octanol–water partition coefficient (Wildman–Crippen LogP) is -1.12. The average Bonchev–Trinajstić information content (AvgIpc) is 3.14. The molecule has 1 aliphatic heterocycles. The van der Waals surface area contributed by atoms with Crippen molar-refractivity contribution in [2.75, 3.05) is 12.3 Å². The molecule has 6 N–H and O–H groups in total. The zero-order valence-corrected chi connectivity index (χ0v) is 18.1. The largest absolute Gasteiger partial charge is 0.648 e. The Hall–Kier alpha value is -0.770. The monoisotopic (exact) mass is 506 g/mol. The molecule has 1 fully saturated rings. The number of nitrogen functional groups attached to an aromatic ring is 1. The Balaban J connectivity index is 1.63. The molecule has 30 heavy (non-hydrogen) atoms. The molecule has 2 aromatic rings. The first-order valence-electron chi connectivity index (χ1n) is 7.79. The zero-order valence-electron chi connectivity index (χ0n) is 14.6. The van der Waals surface area contributed by atoms with Crippen LogP contribution < -0.4 is 10.6 Å². The number of hydrogen-bond donors (Lipinski definition) is 5. The van der Waals surface area contributed by atoms with Gasteiger partial charge in [-0.15, -0.1) is 4.31 Å². The maximum absolute atomic E-state index is 12.0. The third-order valence-electron chi connectivity index (χ3n) is 3.71. The smallest absolute Gasteiger partial charge is 0.515 e. The van der Waals surface area contributed by atoms with Gasteiger partial charge in [0.05, 0.1) is 12.4 Å². The van der Waals surface area contributed by atoms with Crippen LogP contribution in [0.15, 0.2) is 12.7 Å². The Labute approximate surface area is 173 Å². The number of imidazole rings is 1. The minimum absolute atomic E-state index is 0.0474. The van der Waals surface area contributed by atoms with Crippen molar-refractivity contribution in [1.82, 2.24) is 19.5 Å². The van der Waals surface area contributed by atoms with E-state index in [1.54, 1.807) is 0 Å². The Morgan fingerprint density at radius 2 is 2.07 bits per heavy atom. The van der Waals surface area contributed by atoms with Gasteiger partial charge in [0.15, 0.2) is 11.5 Å². The second-order valence-electron chi connectivity index (χ2n) is 5.88. The van der Waals surface area contributed by atoms with Gasteiger partial charge in [-0.1, -0.05) is 0 Å². The van der Waals surface area contributed by atoms with E-state index in [1.165, 1.54) is 17.2 Å². The SMILES string of the molecule is Nc1ncnc2c1ncn2[C@H]1C[C@H](O)[C@@H](CO[P+]([O-])([S-])OP(=O)(O)OP(=O)(O)O)O1. The molecule has 0 aromatic carbocycles. The van der Waals surface area contributed by atoms with E-state index < -0.39 is 47.8 Å². The van der Waals surface area contributed by atoms with E-state index in [2.05, 4.69) is 35.8 Å². The van der Waals surface area contributed by atoms with Gasteiger partial charge in [-0.25, -0.2) is 28.6 Å². The van der Waals surface area contributed by atoms with Gasteiger partial charge in [-0.3, -0.25) is 4.57 Å². The highest BCUT2D eigenvalue weighted by atomic mass is 32.7. The van der Waals surface area contributed by atoms with Crippen LogP contribution in [-0.4, -0.2) is 58.1 Å². The molecule has 1 saturated heterocycles. The van der Waals surface area contributed by atoms with Crippen LogP contribution in [-0.2, 0) is 39.3 Å². The molecule has 0 amide bonds. The van der Waals surface area contributed by atoms with E-state index >= 15 is 0 Å². The quantitative estimate of drug-likeness (QED) is 0.210. The fourth-order valence-corrected chi connectivity index (χ4v) is 6.51. The van der Waals surface area contributed by atoms with Crippen LogP contribution in [0.3, 0.4) is 0 Å². The van der Waals surface area contributed by atoms with Crippen molar-refractivity contribution in [3.63, 3.8) is 0 Å². The van der Waals surface area contributed by atoms with Crippen molar-refractivity contribution in [2.45, 2.75) is 24.9 Å². The van der Waals surface area contributed by atoms with E-state index in [9.17, 15) is 24.0 Å². The molecule has 2 unspecified atom stereocenters. The summed E-state index contributed by atoms with van der Waals surface area (Å²) in [4.78, 5) is 50.2. The van der Waals surface area contributed by atoms with Gasteiger partial charge in [-0.2, -0.15) is 4.31 Å². The van der Waals surface area contributed by atoms with Crippen molar-refractivity contribution in [2.24, 2.45) is 0 Å². The fourth-order valence-electron chi connectivity index (χ4n) is 2.58. The van der Waals surface area contributed by atoms with Gasteiger partial charge < -0.3 is 47.4 Å². The van der Waals surface area contributed by atoms with Gasteiger partial charge in [-0.05, 0) is 0 Å². The summed E-state index contributed by atoms with van der Waals surface area (Å²) in [7, 11) is -15.7. The molecule has 20 heteroatoms. The first-order valence-corrected chi connectivity index (χ1v) is 13.4. The standard InChI is InChI=1S/C10H16N5O11P3S/c11-9-8-10(13-3-12-9)15(4-14-8)7-1-5(16)6(24-7)2-23-29(22,30)26-28(20,21)25-27(17,18)19/h3-7,16H,1-2H2,(H,20,21)(H,22,30)(H2,11,12,13)(H2,17,18,19)/p-1/t5-,6+,7+,29?/m0/s1. The first kappa shape index (κ1) is 23.9. The number of anilines is 1. The highest BCUT2D eigenvalue weighted by Crippen LogP contribution is 2.68. The van der Waals surface area contributed by atoms with Crippen LogP contribution in [0.2, 0.25) is 0 Å². The molecule has 0 bridgehead atoms. The molecule has 0 spiro atoms. The van der Waals surface area contributed by atoms with Crippen molar-refractivity contribution in [3.8, 4) is 0 Å². The number of fused-ring (bicyclic) bond motifs is 1. The Bertz CT molecular complexity index is 1020. The summed E-state index contributed by atoms with van der Waals surface area (Å²) in [6.07, 6.45) is -0.342. The summed E-state index contributed by atoms with van der Waals surface area (Å²) in [6.45, 7) is -0.641. The lowest BCUT2D eigenvalue weighted by molar-refractivity contribution is -0.205. The van der Waals surface area contributed by atoms with Crippen molar-refractivity contribution < 1.29 is 51.7 Å².